The average Bonchev–Trinajstić information content (AvgIpc) is 3.12. The molecule has 5 nitrogen and oxygen atoms in total. The van der Waals surface area contributed by atoms with E-state index in [2.05, 4.69) is 10.3 Å². The lowest BCUT2D eigenvalue weighted by atomic mass is 10.2. The van der Waals surface area contributed by atoms with Crippen molar-refractivity contribution in [3.05, 3.63) is 65.3 Å². The SMILES string of the molecule is O=C(CCCS(=O)(=O)c1ccc(F)cc1)Nc1nc(-c2ccc(F)c(F)c2)cs1. The van der Waals surface area contributed by atoms with Gasteiger partial charge in [-0.15, -0.1) is 11.3 Å². The average molecular weight is 440 g/mol. The van der Waals surface area contributed by atoms with Crippen LogP contribution < -0.4 is 5.32 Å². The van der Waals surface area contributed by atoms with Crippen molar-refractivity contribution in [2.24, 2.45) is 0 Å². The van der Waals surface area contributed by atoms with E-state index in [1.807, 2.05) is 0 Å². The highest BCUT2D eigenvalue weighted by Gasteiger charge is 2.16. The lowest BCUT2D eigenvalue weighted by Gasteiger charge is -2.05. The van der Waals surface area contributed by atoms with Gasteiger partial charge in [-0.25, -0.2) is 26.6 Å². The summed E-state index contributed by atoms with van der Waals surface area (Å²) in [5.74, 6) is -3.18. The van der Waals surface area contributed by atoms with Crippen molar-refractivity contribution in [2.75, 3.05) is 11.1 Å². The summed E-state index contributed by atoms with van der Waals surface area (Å²) in [6.45, 7) is 0. The summed E-state index contributed by atoms with van der Waals surface area (Å²) in [6.07, 6.45) is 0.0213. The molecule has 0 bridgehead atoms. The van der Waals surface area contributed by atoms with Crippen molar-refractivity contribution in [2.45, 2.75) is 17.7 Å². The Balaban J connectivity index is 1.54. The highest BCUT2D eigenvalue weighted by atomic mass is 32.2. The van der Waals surface area contributed by atoms with Crippen molar-refractivity contribution >= 4 is 32.2 Å². The minimum atomic E-state index is -3.61. The predicted molar refractivity (Wildman–Crippen MR) is 104 cm³/mol. The Bertz CT molecular complexity index is 1130. The van der Waals surface area contributed by atoms with Crippen LogP contribution in [0.1, 0.15) is 12.8 Å². The first-order valence-electron chi connectivity index (χ1n) is 8.44. The third-order valence-corrected chi connectivity index (χ3v) is 6.53. The molecule has 3 aromatic rings. The Hall–Kier alpha value is -2.72. The largest absolute Gasteiger partial charge is 0.302 e. The van der Waals surface area contributed by atoms with Gasteiger partial charge >= 0.3 is 0 Å². The summed E-state index contributed by atoms with van der Waals surface area (Å²) >= 11 is 1.11. The number of halogens is 3. The number of benzene rings is 2. The van der Waals surface area contributed by atoms with E-state index in [9.17, 15) is 26.4 Å². The quantitative estimate of drug-likeness (QED) is 0.552. The molecule has 0 fully saturated rings. The predicted octanol–water partition coefficient (Wildman–Crippen LogP) is 4.42. The number of sulfone groups is 1. The zero-order valence-corrected chi connectivity index (χ0v) is 16.5. The van der Waals surface area contributed by atoms with Gasteiger partial charge in [0.2, 0.25) is 5.91 Å². The van der Waals surface area contributed by atoms with Crippen molar-refractivity contribution < 1.29 is 26.4 Å². The monoisotopic (exact) mass is 440 g/mol. The van der Waals surface area contributed by atoms with Crippen LogP contribution in [0.2, 0.25) is 0 Å². The highest BCUT2D eigenvalue weighted by molar-refractivity contribution is 7.91. The molecule has 0 aliphatic carbocycles. The Morgan fingerprint density at radius 3 is 2.45 bits per heavy atom. The molecule has 1 N–H and O–H groups in total. The topological polar surface area (TPSA) is 76.1 Å². The van der Waals surface area contributed by atoms with E-state index in [4.69, 9.17) is 0 Å². The molecule has 0 spiro atoms. The molecule has 1 heterocycles. The second-order valence-corrected chi connectivity index (χ2v) is 9.06. The van der Waals surface area contributed by atoms with Crippen LogP contribution in [0, 0.1) is 17.5 Å². The van der Waals surface area contributed by atoms with E-state index in [0.717, 1.165) is 35.6 Å². The highest BCUT2D eigenvalue weighted by Crippen LogP contribution is 2.26. The van der Waals surface area contributed by atoms with E-state index in [0.29, 0.717) is 11.3 Å². The van der Waals surface area contributed by atoms with Crippen LogP contribution in [0.4, 0.5) is 18.3 Å². The fourth-order valence-corrected chi connectivity index (χ4v) is 4.53. The minimum absolute atomic E-state index is 0.00426. The first kappa shape index (κ1) is 21.0. The molecule has 0 saturated heterocycles. The lowest BCUT2D eigenvalue weighted by molar-refractivity contribution is -0.116. The van der Waals surface area contributed by atoms with Crippen LogP contribution in [0.5, 0.6) is 0 Å². The molecule has 0 unspecified atom stereocenters. The molecule has 0 atom stereocenters. The molecular formula is C19H15F3N2O3S2. The van der Waals surface area contributed by atoms with E-state index < -0.39 is 33.2 Å². The fourth-order valence-electron chi connectivity index (χ4n) is 2.48. The van der Waals surface area contributed by atoms with Crippen LogP contribution in [0.3, 0.4) is 0 Å². The number of thiazole rings is 1. The second-order valence-electron chi connectivity index (χ2n) is 6.09. The van der Waals surface area contributed by atoms with Gasteiger partial charge in [-0.1, -0.05) is 0 Å². The van der Waals surface area contributed by atoms with E-state index in [1.165, 1.54) is 18.2 Å². The van der Waals surface area contributed by atoms with Crippen molar-refractivity contribution in [1.82, 2.24) is 4.98 Å². The number of amides is 1. The number of hydrogen-bond acceptors (Lipinski definition) is 5. The maximum atomic E-state index is 13.3. The van der Waals surface area contributed by atoms with Gasteiger partial charge in [-0.3, -0.25) is 4.79 Å². The molecule has 0 radical (unpaired) electrons. The third kappa shape index (κ3) is 5.42. The van der Waals surface area contributed by atoms with Gasteiger partial charge in [0.15, 0.2) is 26.6 Å². The van der Waals surface area contributed by atoms with Crippen LogP contribution in [-0.4, -0.2) is 25.1 Å². The third-order valence-electron chi connectivity index (χ3n) is 3.96. The molecule has 0 aliphatic rings. The Labute approximate surface area is 169 Å². The molecule has 0 aliphatic heterocycles. The van der Waals surface area contributed by atoms with E-state index in [-0.39, 0.29) is 28.6 Å². The van der Waals surface area contributed by atoms with E-state index >= 15 is 0 Å². The summed E-state index contributed by atoms with van der Waals surface area (Å²) < 4.78 is 63.6. The minimum Gasteiger partial charge on any atom is -0.302 e. The summed E-state index contributed by atoms with van der Waals surface area (Å²) in [5.41, 5.74) is 0.745. The zero-order chi connectivity index (χ0) is 21.0. The molecule has 10 heteroatoms. The number of aromatic nitrogens is 1. The van der Waals surface area contributed by atoms with E-state index in [1.54, 1.807) is 5.38 Å². The van der Waals surface area contributed by atoms with Crippen molar-refractivity contribution in [1.29, 1.82) is 0 Å². The van der Waals surface area contributed by atoms with Crippen LogP contribution in [0.25, 0.3) is 11.3 Å². The standard InChI is InChI=1S/C19H15F3N2O3S2/c20-13-4-6-14(7-5-13)29(26,27)9-1-2-18(25)24-19-23-17(11-28-19)12-3-8-15(21)16(22)10-12/h3-8,10-11H,1-2,9H2,(H,23,24,25). The molecule has 29 heavy (non-hydrogen) atoms. The molecule has 1 aromatic heterocycles. The molecule has 152 valence electrons. The number of hydrogen-bond donors (Lipinski definition) is 1. The van der Waals surface area contributed by atoms with Crippen LogP contribution >= 0.6 is 11.3 Å². The molecule has 3 rings (SSSR count). The number of nitrogens with one attached hydrogen (secondary N) is 1. The smallest absolute Gasteiger partial charge is 0.226 e. The summed E-state index contributed by atoms with van der Waals surface area (Å²) in [4.78, 5) is 16.2. The maximum Gasteiger partial charge on any atom is 0.226 e. The first-order valence-corrected chi connectivity index (χ1v) is 11.0. The second kappa shape index (κ2) is 8.75. The van der Waals surface area contributed by atoms with Gasteiger partial charge in [-0.05, 0) is 48.9 Å². The first-order chi connectivity index (χ1) is 13.7. The summed E-state index contributed by atoms with van der Waals surface area (Å²) in [7, 11) is -3.61. The van der Waals surface area contributed by atoms with Gasteiger partial charge in [0.05, 0.1) is 16.3 Å². The normalized spacial score (nSPS) is 11.4. The molecule has 2 aromatic carbocycles. The maximum absolute atomic E-state index is 13.3. The van der Waals surface area contributed by atoms with Gasteiger partial charge in [0.1, 0.15) is 5.82 Å². The number of rotatable bonds is 7. The van der Waals surface area contributed by atoms with Gasteiger partial charge < -0.3 is 5.32 Å². The summed E-state index contributed by atoms with van der Waals surface area (Å²) in [6, 6.07) is 7.86. The number of nitrogens with zero attached hydrogens (tertiary/aromatic N) is 1. The van der Waals surface area contributed by atoms with Crippen LogP contribution in [-0.2, 0) is 14.6 Å². The fraction of sp³-hybridized carbons (Fsp3) is 0.158. The number of anilines is 1. The molecule has 1 amide bonds. The Morgan fingerprint density at radius 2 is 1.76 bits per heavy atom. The van der Waals surface area contributed by atoms with Gasteiger partial charge in [0.25, 0.3) is 0 Å². The molecular weight excluding hydrogens is 425 g/mol. The van der Waals surface area contributed by atoms with Crippen molar-refractivity contribution in [3.8, 4) is 11.3 Å². The zero-order valence-electron chi connectivity index (χ0n) is 14.9. The van der Waals surface area contributed by atoms with Crippen molar-refractivity contribution in [3.63, 3.8) is 0 Å². The van der Waals surface area contributed by atoms with Gasteiger partial charge in [-0.2, -0.15) is 0 Å². The molecule has 0 saturated carbocycles. The Morgan fingerprint density at radius 1 is 1.03 bits per heavy atom. The van der Waals surface area contributed by atoms with Crippen LogP contribution in [0.15, 0.2) is 52.7 Å². The lowest BCUT2D eigenvalue weighted by Crippen LogP contribution is -2.14. The summed E-state index contributed by atoms with van der Waals surface area (Å²) in [5, 5.41) is 4.39. The number of carbonyl (C=O) groups excluding carboxylic acids is 1. The Kier molecular flexibility index (Phi) is 6.33. The van der Waals surface area contributed by atoms with Gasteiger partial charge in [0, 0.05) is 17.4 Å². The number of carbonyl (C=O) groups is 1.